The van der Waals surface area contributed by atoms with Gasteiger partial charge in [-0.15, -0.1) is 0 Å². The molecule has 0 saturated carbocycles. The molecule has 82 valence electrons. The smallest absolute Gasteiger partial charge is 0.260 e. The number of hydrogen-bond donors (Lipinski definition) is 1. The van der Waals surface area contributed by atoms with Crippen molar-refractivity contribution in [2.45, 2.75) is 11.7 Å². The van der Waals surface area contributed by atoms with Gasteiger partial charge in [0.25, 0.3) is 5.60 Å². The summed E-state index contributed by atoms with van der Waals surface area (Å²) in [4.78, 5) is 0. The fraction of sp³-hybridized carbons (Fsp3) is 0.273. The monoisotopic (exact) mass is 236 g/mol. The highest BCUT2D eigenvalue weighted by Crippen LogP contribution is 2.50. The lowest BCUT2D eigenvalue weighted by Gasteiger charge is -2.04. The van der Waals surface area contributed by atoms with E-state index in [0.29, 0.717) is 5.02 Å². The van der Waals surface area contributed by atoms with Gasteiger partial charge in [0.2, 0.25) is 5.90 Å². The Morgan fingerprint density at radius 2 is 2.19 bits per heavy atom. The van der Waals surface area contributed by atoms with Crippen LogP contribution >= 0.6 is 11.6 Å². The number of nitriles is 1. The van der Waals surface area contributed by atoms with Gasteiger partial charge in [-0.05, 0) is 17.7 Å². The van der Waals surface area contributed by atoms with Crippen LogP contribution in [0.1, 0.15) is 11.7 Å². The summed E-state index contributed by atoms with van der Waals surface area (Å²) in [5.74, 6) is -0.171. The summed E-state index contributed by atoms with van der Waals surface area (Å²) >= 11 is 5.76. The van der Waals surface area contributed by atoms with Crippen LogP contribution in [0.15, 0.2) is 24.3 Å². The van der Waals surface area contributed by atoms with E-state index < -0.39 is 11.7 Å². The molecule has 1 N–H and O–H groups in total. The van der Waals surface area contributed by atoms with Crippen LogP contribution in [0.2, 0.25) is 5.02 Å². The fourth-order valence-electron chi connectivity index (χ4n) is 1.55. The molecule has 0 unspecified atom stereocenters. The first-order valence-electron chi connectivity index (χ1n) is 4.61. The van der Waals surface area contributed by atoms with E-state index in [1.54, 1.807) is 24.3 Å². The lowest BCUT2D eigenvalue weighted by molar-refractivity contribution is 0.318. The van der Waals surface area contributed by atoms with Crippen LogP contribution in [-0.2, 0) is 9.47 Å². The van der Waals surface area contributed by atoms with Crippen LogP contribution in [0.4, 0.5) is 0 Å². The highest BCUT2D eigenvalue weighted by atomic mass is 35.5. The minimum absolute atomic E-state index is 0.171. The highest BCUT2D eigenvalue weighted by Gasteiger charge is 2.63. The zero-order valence-corrected chi connectivity index (χ0v) is 9.28. The van der Waals surface area contributed by atoms with Crippen molar-refractivity contribution in [2.24, 2.45) is 0 Å². The van der Waals surface area contributed by atoms with Crippen molar-refractivity contribution in [3.63, 3.8) is 0 Å². The SMILES string of the molecule is COC(=N)[C@]1(C#N)O[C@@H]1c1ccc(Cl)cc1. The summed E-state index contributed by atoms with van der Waals surface area (Å²) in [6.07, 6.45) is -0.442. The van der Waals surface area contributed by atoms with Gasteiger partial charge in [-0.25, -0.2) is 0 Å². The number of hydrogen-bond acceptors (Lipinski definition) is 4. The molecular formula is C11H9ClN2O2. The normalized spacial score (nSPS) is 26.9. The van der Waals surface area contributed by atoms with Gasteiger partial charge in [0, 0.05) is 5.02 Å². The Bertz CT molecular complexity index is 466. The fourth-order valence-corrected chi connectivity index (χ4v) is 1.68. The predicted molar refractivity (Wildman–Crippen MR) is 58.4 cm³/mol. The van der Waals surface area contributed by atoms with E-state index in [-0.39, 0.29) is 5.90 Å². The van der Waals surface area contributed by atoms with Crippen molar-refractivity contribution in [3.8, 4) is 6.07 Å². The molecule has 0 amide bonds. The van der Waals surface area contributed by atoms with Gasteiger partial charge in [0.15, 0.2) is 0 Å². The van der Waals surface area contributed by atoms with E-state index in [1.165, 1.54) is 7.11 Å². The molecule has 2 atom stereocenters. The first kappa shape index (κ1) is 10.9. The van der Waals surface area contributed by atoms with E-state index in [0.717, 1.165) is 5.56 Å². The maximum atomic E-state index is 9.02. The molecule has 2 rings (SSSR count). The number of halogens is 1. The topological polar surface area (TPSA) is 69.4 Å². The maximum Gasteiger partial charge on any atom is 0.260 e. The molecule has 0 aliphatic carbocycles. The summed E-state index contributed by atoms with van der Waals surface area (Å²) < 4.78 is 10.0. The molecule has 5 heteroatoms. The Balaban J connectivity index is 2.25. The minimum atomic E-state index is -1.26. The Labute approximate surface area is 97.9 Å². The van der Waals surface area contributed by atoms with Gasteiger partial charge in [0.05, 0.1) is 7.11 Å². The Kier molecular flexibility index (Phi) is 2.58. The molecule has 0 aromatic heterocycles. The zero-order chi connectivity index (χ0) is 11.8. The number of epoxide rings is 1. The van der Waals surface area contributed by atoms with Crippen molar-refractivity contribution < 1.29 is 9.47 Å². The average Bonchev–Trinajstić information content (AvgIpc) is 3.05. The number of ether oxygens (including phenoxy) is 2. The van der Waals surface area contributed by atoms with Gasteiger partial charge in [0.1, 0.15) is 12.2 Å². The predicted octanol–water partition coefficient (Wildman–Crippen LogP) is 2.30. The van der Waals surface area contributed by atoms with Crippen LogP contribution in [0.5, 0.6) is 0 Å². The molecule has 1 heterocycles. The number of methoxy groups -OCH3 is 1. The molecule has 0 spiro atoms. The van der Waals surface area contributed by atoms with E-state index in [9.17, 15) is 0 Å². The molecule has 1 fully saturated rings. The molecule has 1 aliphatic heterocycles. The van der Waals surface area contributed by atoms with E-state index in [4.69, 9.17) is 31.7 Å². The first-order chi connectivity index (χ1) is 7.64. The lowest BCUT2D eigenvalue weighted by Crippen LogP contribution is -2.24. The van der Waals surface area contributed by atoms with Crippen LogP contribution in [0, 0.1) is 16.7 Å². The van der Waals surface area contributed by atoms with Gasteiger partial charge >= 0.3 is 0 Å². The number of rotatable bonds is 2. The van der Waals surface area contributed by atoms with Gasteiger partial charge in [-0.3, -0.25) is 5.41 Å². The van der Waals surface area contributed by atoms with Gasteiger partial charge in [-0.1, -0.05) is 23.7 Å². The second-order valence-corrected chi connectivity index (χ2v) is 3.87. The molecule has 1 aliphatic rings. The largest absolute Gasteiger partial charge is 0.482 e. The number of nitrogens with one attached hydrogen (secondary N) is 1. The second-order valence-electron chi connectivity index (χ2n) is 3.43. The maximum absolute atomic E-state index is 9.02. The van der Waals surface area contributed by atoms with E-state index in [1.807, 2.05) is 6.07 Å². The molecule has 1 aromatic carbocycles. The van der Waals surface area contributed by atoms with E-state index in [2.05, 4.69) is 0 Å². The Morgan fingerprint density at radius 1 is 1.56 bits per heavy atom. The van der Waals surface area contributed by atoms with Crippen molar-refractivity contribution in [3.05, 3.63) is 34.9 Å². The Morgan fingerprint density at radius 3 is 2.69 bits per heavy atom. The summed E-state index contributed by atoms with van der Waals surface area (Å²) in [5, 5.41) is 17.2. The standard InChI is InChI=1S/C11H9ClN2O2/c1-15-10(14)11(6-13)9(16-11)7-2-4-8(12)5-3-7/h2-5,9,14H,1H3/t9-,11-/m1/s1. The van der Waals surface area contributed by atoms with Crippen LogP contribution < -0.4 is 0 Å². The van der Waals surface area contributed by atoms with Crippen molar-refractivity contribution in [2.75, 3.05) is 7.11 Å². The summed E-state index contributed by atoms with van der Waals surface area (Å²) in [5.41, 5.74) is -0.449. The van der Waals surface area contributed by atoms with Gasteiger partial charge < -0.3 is 9.47 Å². The molecule has 4 nitrogen and oxygen atoms in total. The summed E-state index contributed by atoms with van der Waals surface area (Å²) in [7, 11) is 1.35. The van der Waals surface area contributed by atoms with E-state index >= 15 is 0 Å². The molecule has 1 aromatic rings. The quantitative estimate of drug-likeness (QED) is 0.487. The lowest BCUT2D eigenvalue weighted by atomic mass is 10.0. The number of nitrogens with zero attached hydrogens (tertiary/aromatic N) is 1. The van der Waals surface area contributed by atoms with Crippen LogP contribution in [0.3, 0.4) is 0 Å². The molecule has 16 heavy (non-hydrogen) atoms. The van der Waals surface area contributed by atoms with Crippen LogP contribution in [0.25, 0.3) is 0 Å². The summed E-state index contributed by atoms with van der Waals surface area (Å²) in [6.45, 7) is 0. The van der Waals surface area contributed by atoms with Crippen LogP contribution in [-0.4, -0.2) is 18.6 Å². The molecule has 0 bridgehead atoms. The van der Waals surface area contributed by atoms with Crippen molar-refractivity contribution >= 4 is 17.5 Å². The molecule has 0 radical (unpaired) electrons. The Hall–Kier alpha value is -1.57. The third kappa shape index (κ3) is 1.54. The number of benzene rings is 1. The van der Waals surface area contributed by atoms with Crippen molar-refractivity contribution in [1.82, 2.24) is 0 Å². The zero-order valence-electron chi connectivity index (χ0n) is 8.53. The molecular weight excluding hydrogens is 228 g/mol. The molecule has 1 saturated heterocycles. The third-order valence-corrected chi connectivity index (χ3v) is 2.75. The minimum Gasteiger partial charge on any atom is -0.482 e. The summed E-state index contributed by atoms with van der Waals surface area (Å²) in [6, 6.07) is 8.95. The van der Waals surface area contributed by atoms with Gasteiger partial charge in [-0.2, -0.15) is 5.26 Å². The second kappa shape index (κ2) is 3.78. The first-order valence-corrected chi connectivity index (χ1v) is 4.99. The average molecular weight is 237 g/mol. The van der Waals surface area contributed by atoms with Crippen molar-refractivity contribution in [1.29, 1.82) is 10.7 Å². The highest BCUT2D eigenvalue weighted by molar-refractivity contribution is 6.30. The third-order valence-electron chi connectivity index (χ3n) is 2.50.